The maximum atomic E-state index is 5.74. The normalized spacial score (nSPS) is 12.5. The monoisotopic (exact) mass is 158 g/mol. The Hall–Kier alpha value is -0.0400. The molecule has 0 saturated carbocycles. The Morgan fingerprint density at radius 3 is 2.18 bits per heavy atom. The van der Waals surface area contributed by atoms with E-state index in [-0.39, 0.29) is 5.60 Å². The molecule has 68 valence electrons. The van der Waals surface area contributed by atoms with Crippen molar-refractivity contribution in [2.75, 3.05) is 0 Å². The molecule has 0 radical (unpaired) electrons. The Kier molecular flexibility index (Phi) is 4.74. The van der Waals surface area contributed by atoms with Crippen molar-refractivity contribution in [3.8, 4) is 0 Å². The summed E-state index contributed by atoms with van der Waals surface area (Å²) in [7, 11) is 0. The van der Waals surface area contributed by atoms with Gasteiger partial charge < -0.3 is 4.74 Å². The second-order valence-corrected chi connectivity index (χ2v) is 4.03. The molecule has 0 aliphatic heterocycles. The quantitative estimate of drug-likeness (QED) is 0.596. The van der Waals surface area contributed by atoms with Gasteiger partial charge in [-0.2, -0.15) is 0 Å². The van der Waals surface area contributed by atoms with Crippen LogP contribution in [0.4, 0.5) is 0 Å². The number of rotatable bonds is 5. The molecule has 0 bridgehead atoms. The van der Waals surface area contributed by atoms with Crippen molar-refractivity contribution in [1.82, 2.24) is 0 Å². The van der Waals surface area contributed by atoms with Gasteiger partial charge in [0.05, 0.1) is 11.7 Å². The zero-order chi connectivity index (χ0) is 8.91. The fraction of sp³-hybridized carbons (Fsp3) is 1.00. The van der Waals surface area contributed by atoms with Crippen LogP contribution in [-0.2, 0) is 4.74 Å². The van der Waals surface area contributed by atoms with Crippen LogP contribution < -0.4 is 0 Å². The Morgan fingerprint density at radius 2 is 1.82 bits per heavy atom. The van der Waals surface area contributed by atoms with E-state index in [2.05, 4.69) is 34.6 Å². The third-order valence-corrected chi connectivity index (χ3v) is 1.69. The Bertz CT molecular complexity index is 95.0. The average molecular weight is 158 g/mol. The van der Waals surface area contributed by atoms with Crippen LogP contribution in [0.15, 0.2) is 0 Å². The second-order valence-electron chi connectivity index (χ2n) is 4.03. The first-order valence-electron chi connectivity index (χ1n) is 4.66. The smallest absolute Gasteiger partial charge is 0.0630 e. The molecular weight excluding hydrogens is 136 g/mol. The first-order chi connectivity index (χ1) is 4.98. The number of unbranched alkanes of at least 4 members (excludes halogenated alkanes) is 1. The summed E-state index contributed by atoms with van der Waals surface area (Å²) in [5, 5.41) is 0. The van der Waals surface area contributed by atoms with Gasteiger partial charge in [-0.3, -0.25) is 0 Å². The summed E-state index contributed by atoms with van der Waals surface area (Å²) < 4.78 is 5.74. The van der Waals surface area contributed by atoms with Crippen LogP contribution >= 0.6 is 0 Å². The zero-order valence-electron chi connectivity index (χ0n) is 8.61. The van der Waals surface area contributed by atoms with Gasteiger partial charge in [-0.05, 0) is 34.1 Å². The fourth-order valence-electron chi connectivity index (χ4n) is 1.30. The first kappa shape index (κ1) is 11.0. The minimum absolute atomic E-state index is 0.0736. The Morgan fingerprint density at radius 1 is 1.27 bits per heavy atom. The van der Waals surface area contributed by atoms with Gasteiger partial charge in [-0.15, -0.1) is 0 Å². The summed E-state index contributed by atoms with van der Waals surface area (Å²) in [6.45, 7) is 10.7. The summed E-state index contributed by atoms with van der Waals surface area (Å²) in [4.78, 5) is 0. The van der Waals surface area contributed by atoms with Gasteiger partial charge in [0, 0.05) is 0 Å². The Labute approximate surface area is 71.1 Å². The summed E-state index contributed by atoms with van der Waals surface area (Å²) in [5.41, 5.74) is 0.0736. The van der Waals surface area contributed by atoms with Crippen LogP contribution in [0.5, 0.6) is 0 Å². The summed E-state index contributed by atoms with van der Waals surface area (Å²) in [6.07, 6.45) is 4.04. The third kappa shape index (κ3) is 6.36. The van der Waals surface area contributed by atoms with Crippen LogP contribution in [0, 0.1) is 0 Å². The molecule has 0 spiro atoms. The predicted molar refractivity (Wildman–Crippen MR) is 49.8 cm³/mol. The molecule has 0 aliphatic carbocycles. The zero-order valence-corrected chi connectivity index (χ0v) is 8.61. The van der Waals surface area contributed by atoms with Crippen molar-refractivity contribution >= 4 is 0 Å². The van der Waals surface area contributed by atoms with E-state index in [0.717, 1.165) is 0 Å². The van der Waals surface area contributed by atoms with Crippen molar-refractivity contribution in [3.63, 3.8) is 0 Å². The Balaban J connectivity index is 3.61. The van der Waals surface area contributed by atoms with Crippen molar-refractivity contribution in [3.05, 3.63) is 0 Å². The molecule has 0 aromatic carbocycles. The van der Waals surface area contributed by atoms with E-state index in [1.54, 1.807) is 0 Å². The molecule has 0 unspecified atom stereocenters. The highest BCUT2D eigenvalue weighted by Crippen LogP contribution is 2.19. The maximum Gasteiger partial charge on any atom is 0.0630 e. The molecule has 0 atom stereocenters. The maximum absolute atomic E-state index is 5.74. The standard InChI is InChI=1S/C10H22O/c1-6-7-8-10(4,5)11-9(2)3/h9H,6-8H2,1-5H3. The third-order valence-electron chi connectivity index (χ3n) is 1.69. The second kappa shape index (κ2) is 4.76. The average Bonchev–Trinajstić information content (AvgIpc) is 1.81. The molecule has 0 aromatic rings. The van der Waals surface area contributed by atoms with E-state index >= 15 is 0 Å². The van der Waals surface area contributed by atoms with Gasteiger partial charge in [0.25, 0.3) is 0 Å². The summed E-state index contributed by atoms with van der Waals surface area (Å²) in [6, 6.07) is 0. The molecule has 1 heteroatoms. The molecule has 0 fully saturated rings. The molecular formula is C10H22O. The van der Waals surface area contributed by atoms with Gasteiger partial charge in [0.2, 0.25) is 0 Å². The van der Waals surface area contributed by atoms with E-state index in [9.17, 15) is 0 Å². The highest BCUT2D eigenvalue weighted by molar-refractivity contribution is 4.68. The van der Waals surface area contributed by atoms with E-state index in [0.29, 0.717) is 6.10 Å². The summed E-state index contributed by atoms with van der Waals surface area (Å²) in [5.74, 6) is 0. The molecule has 0 aliphatic rings. The molecule has 0 N–H and O–H groups in total. The van der Waals surface area contributed by atoms with Crippen LogP contribution in [0.1, 0.15) is 53.9 Å². The molecule has 0 amide bonds. The van der Waals surface area contributed by atoms with E-state index in [4.69, 9.17) is 4.74 Å². The molecule has 11 heavy (non-hydrogen) atoms. The lowest BCUT2D eigenvalue weighted by Crippen LogP contribution is -2.27. The molecule has 0 rings (SSSR count). The number of hydrogen-bond acceptors (Lipinski definition) is 1. The van der Waals surface area contributed by atoms with Crippen molar-refractivity contribution in [2.24, 2.45) is 0 Å². The van der Waals surface area contributed by atoms with Gasteiger partial charge in [-0.1, -0.05) is 19.8 Å². The molecule has 0 aromatic heterocycles. The van der Waals surface area contributed by atoms with E-state index in [1.807, 2.05) is 0 Å². The highest BCUT2D eigenvalue weighted by Gasteiger charge is 2.18. The lowest BCUT2D eigenvalue weighted by molar-refractivity contribution is -0.0612. The van der Waals surface area contributed by atoms with Crippen molar-refractivity contribution < 1.29 is 4.74 Å². The lowest BCUT2D eigenvalue weighted by atomic mass is 10.0. The van der Waals surface area contributed by atoms with Gasteiger partial charge in [0.15, 0.2) is 0 Å². The minimum atomic E-state index is 0.0736. The topological polar surface area (TPSA) is 9.23 Å². The van der Waals surface area contributed by atoms with Gasteiger partial charge in [0.1, 0.15) is 0 Å². The molecule has 1 nitrogen and oxygen atoms in total. The minimum Gasteiger partial charge on any atom is -0.373 e. The first-order valence-corrected chi connectivity index (χ1v) is 4.66. The molecule has 0 heterocycles. The van der Waals surface area contributed by atoms with Crippen LogP contribution in [-0.4, -0.2) is 11.7 Å². The molecule has 0 saturated heterocycles. The van der Waals surface area contributed by atoms with Crippen LogP contribution in [0.2, 0.25) is 0 Å². The SMILES string of the molecule is CCCCC(C)(C)OC(C)C. The van der Waals surface area contributed by atoms with Gasteiger partial charge in [-0.25, -0.2) is 0 Å². The number of ether oxygens (including phenoxy) is 1. The summed E-state index contributed by atoms with van der Waals surface area (Å²) >= 11 is 0. The van der Waals surface area contributed by atoms with E-state index < -0.39 is 0 Å². The number of hydrogen-bond donors (Lipinski definition) is 0. The van der Waals surface area contributed by atoms with Gasteiger partial charge >= 0.3 is 0 Å². The van der Waals surface area contributed by atoms with E-state index in [1.165, 1.54) is 19.3 Å². The van der Waals surface area contributed by atoms with Crippen molar-refractivity contribution in [1.29, 1.82) is 0 Å². The largest absolute Gasteiger partial charge is 0.373 e. The van der Waals surface area contributed by atoms with Crippen molar-refractivity contribution in [2.45, 2.75) is 65.6 Å². The fourth-order valence-corrected chi connectivity index (χ4v) is 1.30. The predicted octanol–water partition coefficient (Wildman–Crippen LogP) is 3.38. The lowest BCUT2D eigenvalue weighted by Gasteiger charge is -2.27. The highest BCUT2D eigenvalue weighted by atomic mass is 16.5. The van der Waals surface area contributed by atoms with Crippen LogP contribution in [0.25, 0.3) is 0 Å². The van der Waals surface area contributed by atoms with Crippen LogP contribution in [0.3, 0.4) is 0 Å².